The Morgan fingerprint density at radius 3 is 2.58 bits per heavy atom. The molecule has 0 bridgehead atoms. The molecule has 100 valence electrons. The van der Waals surface area contributed by atoms with Gasteiger partial charge in [0.05, 0.1) is 11.3 Å². The standard InChI is InChI=1S/C14H18N4O/c1-9-13(10(2)18(4)16-9)14(19)17(3)12-7-5-6-11(15)8-12/h5-8H,15H2,1-4H3. The summed E-state index contributed by atoms with van der Waals surface area (Å²) in [6.45, 7) is 3.73. The first-order valence-electron chi connectivity index (χ1n) is 6.05. The zero-order valence-corrected chi connectivity index (χ0v) is 11.6. The first-order valence-corrected chi connectivity index (χ1v) is 6.05. The second-order valence-corrected chi connectivity index (χ2v) is 4.63. The maximum atomic E-state index is 12.5. The second kappa shape index (κ2) is 4.76. The summed E-state index contributed by atoms with van der Waals surface area (Å²) in [5.74, 6) is -0.0753. The van der Waals surface area contributed by atoms with E-state index in [0.717, 1.165) is 17.1 Å². The van der Waals surface area contributed by atoms with Crippen LogP contribution >= 0.6 is 0 Å². The summed E-state index contributed by atoms with van der Waals surface area (Å²) in [5.41, 5.74) is 9.39. The summed E-state index contributed by atoms with van der Waals surface area (Å²) in [4.78, 5) is 14.1. The quantitative estimate of drug-likeness (QED) is 0.837. The van der Waals surface area contributed by atoms with Gasteiger partial charge in [0.2, 0.25) is 0 Å². The van der Waals surface area contributed by atoms with Gasteiger partial charge in [0.25, 0.3) is 5.91 Å². The third kappa shape index (κ3) is 2.31. The van der Waals surface area contributed by atoms with Crippen molar-refractivity contribution in [1.82, 2.24) is 9.78 Å². The van der Waals surface area contributed by atoms with E-state index in [-0.39, 0.29) is 5.91 Å². The van der Waals surface area contributed by atoms with E-state index >= 15 is 0 Å². The van der Waals surface area contributed by atoms with Crippen molar-refractivity contribution < 1.29 is 4.79 Å². The van der Waals surface area contributed by atoms with Gasteiger partial charge in [-0.3, -0.25) is 9.48 Å². The maximum Gasteiger partial charge on any atom is 0.261 e. The number of nitrogen functional groups attached to an aromatic ring is 1. The van der Waals surface area contributed by atoms with Crippen LogP contribution in [-0.4, -0.2) is 22.7 Å². The number of rotatable bonds is 2. The minimum Gasteiger partial charge on any atom is -0.399 e. The summed E-state index contributed by atoms with van der Waals surface area (Å²) in [6.07, 6.45) is 0. The summed E-state index contributed by atoms with van der Waals surface area (Å²) in [6, 6.07) is 7.26. The molecule has 5 nitrogen and oxygen atoms in total. The van der Waals surface area contributed by atoms with E-state index in [4.69, 9.17) is 5.73 Å². The summed E-state index contributed by atoms with van der Waals surface area (Å²) in [7, 11) is 3.57. The number of carbonyl (C=O) groups excluding carboxylic acids is 1. The predicted octanol–water partition coefficient (Wildman–Crippen LogP) is 1.90. The number of aromatic nitrogens is 2. The topological polar surface area (TPSA) is 64.2 Å². The van der Waals surface area contributed by atoms with Crippen molar-refractivity contribution in [3.05, 3.63) is 41.2 Å². The number of anilines is 2. The number of benzene rings is 1. The molecule has 0 aliphatic rings. The van der Waals surface area contributed by atoms with Crippen LogP contribution in [0.5, 0.6) is 0 Å². The van der Waals surface area contributed by atoms with Crippen LogP contribution in [-0.2, 0) is 7.05 Å². The third-order valence-electron chi connectivity index (χ3n) is 3.29. The van der Waals surface area contributed by atoms with E-state index in [1.807, 2.05) is 33.0 Å². The molecular formula is C14H18N4O. The summed E-state index contributed by atoms with van der Waals surface area (Å²) in [5, 5.41) is 4.27. The van der Waals surface area contributed by atoms with Gasteiger partial charge in [-0.25, -0.2) is 0 Å². The molecule has 1 aromatic carbocycles. The predicted molar refractivity (Wildman–Crippen MR) is 76.3 cm³/mol. The van der Waals surface area contributed by atoms with E-state index in [0.29, 0.717) is 11.3 Å². The number of aryl methyl sites for hydroxylation is 2. The van der Waals surface area contributed by atoms with Crippen LogP contribution in [0.3, 0.4) is 0 Å². The molecule has 1 amide bonds. The minimum atomic E-state index is -0.0753. The molecule has 0 radical (unpaired) electrons. The lowest BCUT2D eigenvalue weighted by molar-refractivity contribution is 0.0992. The average molecular weight is 258 g/mol. The van der Waals surface area contributed by atoms with Crippen molar-refractivity contribution in [3.63, 3.8) is 0 Å². The average Bonchev–Trinajstić information content (AvgIpc) is 2.61. The fourth-order valence-electron chi connectivity index (χ4n) is 2.10. The molecule has 0 aliphatic carbocycles. The van der Waals surface area contributed by atoms with Gasteiger partial charge < -0.3 is 10.6 Å². The Morgan fingerprint density at radius 2 is 2.05 bits per heavy atom. The van der Waals surface area contributed by atoms with Gasteiger partial charge in [-0.1, -0.05) is 6.07 Å². The van der Waals surface area contributed by atoms with Crippen LogP contribution in [0.25, 0.3) is 0 Å². The molecule has 0 fully saturated rings. The highest BCUT2D eigenvalue weighted by Gasteiger charge is 2.21. The van der Waals surface area contributed by atoms with Gasteiger partial charge in [0.1, 0.15) is 0 Å². The Kier molecular flexibility index (Phi) is 3.29. The lowest BCUT2D eigenvalue weighted by Gasteiger charge is -2.18. The molecule has 0 unspecified atom stereocenters. The van der Waals surface area contributed by atoms with Crippen molar-refractivity contribution in [1.29, 1.82) is 0 Å². The highest BCUT2D eigenvalue weighted by molar-refractivity contribution is 6.07. The zero-order valence-electron chi connectivity index (χ0n) is 11.6. The smallest absolute Gasteiger partial charge is 0.261 e. The van der Waals surface area contributed by atoms with Gasteiger partial charge in [-0.15, -0.1) is 0 Å². The first-order chi connectivity index (χ1) is 8.91. The van der Waals surface area contributed by atoms with Crippen molar-refractivity contribution in [3.8, 4) is 0 Å². The highest BCUT2D eigenvalue weighted by atomic mass is 16.2. The molecule has 1 aromatic heterocycles. The number of amides is 1. The molecule has 2 aromatic rings. The largest absolute Gasteiger partial charge is 0.399 e. The molecular weight excluding hydrogens is 240 g/mol. The highest BCUT2D eigenvalue weighted by Crippen LogP contribution is 2.21. The number of nitrogens with zero attached hydrogens (tertiary/aromatic N) is 3. The van der Waals surface area contributed by atoms with Crippen molar-refractivity contribution in [2.75, 3.05) is 17.7 Å². The Hall–Kier alpha value is -2.30. The number of hydrogen-bond donors (Lipinski definition) is 1. The molecule has 0 saturated heterocycles. The second-order valence-electron chi connectivity index (χ2n) is 4.63. The Bertz CT molecular complexity index is 630. The summed E-state index contributed by atoms with van der Waals surface area (Å²) >= 11 is 0. The van der Waals surface area contributed by atoms with E-state index < -0.39 is 0 Å². The van der Waals surface area contributed by atoms with Crippen LogP contribution in [0, 0.1) is 13.8 Å². The van der Waals surface area contributed by atoms with E-state index in [2.05, 4.69) is 5.10 Å². The van der Waals surface area contributed by atoms with Gasteiger partial charge in [0, 0.05) is 31.2 Å². The van der Waals surface area contributed by atoms with Gasteiger partial charge in [0.15, 0.2) is 0 Å². The first kappa shape index (κ1) is 13.1. The monoisotopic (exact) mass is 258 g/mol. The molecule has 19 heavy (non-hydrogen) atoms. The van der Waals surface area contributed by atoms with Crippen LogP contribution in [0.15, 0.2) is 24.3 Å². The minimum absolute atomic E-state index is 0.0753. The van der Waals surface area contributed by atoms with Crippen molar-refractivity contribution in [2.45, 2.75) is 13.8 Å². The van der Waals surface area contributed by atoms with Crippen molar-refractivity contribution >= 4 is 17.3 Å². The van der Waals surface area contributed by atoms with Crippen LogP contribution in [0.2, 0.25) is 0 Å². The normalized spacial score (nSPS) is 10.5. The van der Waals surface area contributed by atoms with Crippen LogP contribution < -0.4 is 10.6 Å². The van der Waals surface area contributed by atoms with Gasteiger partial charge >= 0.3 is 0 Å². The Labute approximate surface area is 112 Å². The number of carbonyl (C=O) groups is 1. The molecule has 2 N–H and O–H groups in total. The maximum absolute atomic E-state index is 12.5. The van der Waals surface area contributed by atoms with Gasteiger partial charge in [-0.05, 0) is 32.0 Å². The number of nitrogens with two attached hydrogens (primary N) is 1. The third-order valence-corrected chi connectivity index (χ3v) is 3.29. The lowest BCUT2D eigenvalue weighted by Crippen LogP contribution is -2.27. The van der Waals surface area contributed by atoms with E-state index in [9.17, 15) is 4.79 Å². The zero-order chi connectivity index (χ0) is 14.2. The molecule has 0 saturated carbocycles. The van der Waals surface area contributed by atoms with Crippen LogP contribution in [0.1, 0.15) is 21.7 Å². The Morgan fingerprint density at radius 1 is 1.37 bits per heavy atom. The molecule has 0 atom stereocenters. The van der Waals surface area contributed by atoms with Crippen molar-refractivity contribution in [2.24, 2.45) is 7.05 Å². The fraction of sp³-hybridized carbons (Fsp3) is 0.286. The molecule has 1 heterocycles. The molecule has 2 rings (SSSR count). The molecule has 0 spiro atoms. The fourth-order valence-corrected chi connectivity index (χ4v) is 2.10. The van der Waals surface area contributed by atoms with Crippen LogP contribution in [0.4, 0.5) is 11.4 Å². The van der Waals surface area contributed by atoms with E-state index in [1.165, 1.54) is 0 Å². The van der Waals surface area contributed by atoms with Gasteiger partial charge in [-0.2, -0.15) is 5.10 Å². The number of hydrogen-bond acceptors (Lipinski definition) is 3. The SMILES string of the molecule is Cc1nn(C)c(C)c1C(=O)N(C)c1cccc(N)c1. The summed E-state index contributed by atoms with van der Waals surface area (Å²) < 4.78 is 1.72. The van der Waals surface area contributed by atoms with E-state index in [1.54, 1.807) is 28.8 Å². The molecule has 0 aliphatic heterocycles. The molecule has 5 heteroatoms. The Balaban J connectivity index is 2.39. The lowest BCUT2D eigenvalue weighted by atomic mass is 10.1.